The topological polar surface area (TPSA) is 58.5 Å². The lowest BCUT2D eigenvalue weighted by Crippen LogP contribution is -2.37. The van der Waals surface area contributed by atoms with E-state index in [1.165, 1.54) is 12.8 Å². The number of pyridine rings is 1. The highest BCUT2D eigenvalue weighted by Gasteiger charge is 2.20. The first-order chi connectivity index (χ1) is 9.81. The van der Waals surface area contributed by atoms with Crippen molar-refractivity contribution in [2.75, 3.05) is 20.2 Å². The maximum Gasteiger partial charge on any atom is 0.213 e. The number of halogens is 1. The summed E-state index contributed by atoms with van der Waals surface area (Å²) in [7, 11) is 1.79. The molecule has 1 aromatic rings. The van der Waals surface area contributed by atoms with E-state index in [0.29, 0.717) is 19.0 Å². The van der Waals surface area contributed by atoms with Crippen LogP contribution in [0.15, 0.2) is 23.3 Å². The minimum Gasteiger partial charge on any atom is -0.478 e. The second kappa shape index (κ2) is 9.81. The summed E-state index contributed by atoms with van der Waals surface area (Å²) >= 11 is 0. The van der Waals surface area contributed by atoms with Gasteiger partial charge in [0.05, 0.1) is 6.61 Å². The third-order valence-corrected chi connectivity index (χ3v) is 3.19. The molecule has 1 fully saturated rings. The Morgan fingerprint density at radius 2 is 2.19 bits per heavy atom. The predicted octanol–water partition coefficient (Wildman–Crippen LogP) is 2.56. The Morgan fingerprint density at radius 3 is 2.76 bits per heavy atom. The standard InChI is InChI=1S/C15H24N4O.HI/c1-3-8-20-14-7-6-13(10-17-14)11-19-15(16-2)18-9-12-4-5-12;/h6-7,10,12H,3-5,8-9,11H2,1-2H3,(H2,16,18,19);1H. The minimum absolute atomic E-state index is 0. The Hall–Kier alpha value is -1.05. The van der Waals surface area contributed by atoms with Gasteiger partial charge in [-0.25, -0.2) is 4.98 Å². The quantitative estimate of drug-likeness (QED) is 0.417. The lowest BCUT2D eigenvalue weighted by molar-refractivity contribution is 0.305. The minimum atomic E-state index is 0. The number of ether oxygens (including phenoxy) is 1. The molecule has 0 aromatic carbocycles. The van der Waals surface area contributed by atoms with Crippen molar-refractivity contribution in [3.8, 4) is 5.88 Å². The van der Waals surface area contributed by atoms with Crippen LogP contribution in [0.3, 0.4) is 0 Å². The number of hydrogen-bond acceptors (Lipinski definition) is 3. The van der Waals surface area contributed by atoms with Crippen LogP contribution in [0, 0.1) is 5.92 Å². The number of aliphatic imine (C=N–C) groups is 1. The molecule has 0 bridgehead atoms. The summed E-state index contributed by atoms with van der Waals surface area (Å²) in [6.07, 6.45) is 5.51. The molecule has 0 unspecified atom stereocenters. The van der Waals surface area contributed by atoms with Crippen molar-refractivity contribution < 1.29 is 4.74 Å². The molecule has 1 aliphatic rings. The second-order valence-electron chi connectivity index (χ2n) is 5.10. The zero-order chi connectivity index (χ0) is 14.2. The Labute approximate surface area is 144 Å². The van der Waals surface area contributed by atoms with Crippen LogP contribution in [-0.2, 0) is 6.54 Å². The second-order valence-corrected chi connectivity index (χ2v) is 5.10. The van der Waals surface area contributed by atoms with Gasteiger partial charge in [0.1, 0.15) is 0 Å². The number of nitrogens with zero attached hydrogens (tertiary/aromatic N) is 2. The highest BCUT2D eigenvalue weighted by molar-refractivity contribution is 14.0. The van der Waals surface area contributed by atoms with Crippen LogP contribution in [0.4, 0.5) is 0 Å². The van der Waals surface area contributed by atoms with Crippen LogP contribution in [0.25, 0.3) is 0 Å². The highest BCUT2D eigenvalue weighted by atomic mass is 127. The largest absolute Gasteiger partial charge is 0.478 e. The monoisotopic (exact) mass is 404 g/mol. The first-order valence-electron chi connectivity index (χ1n) is 7.34. The van der Waals surface area contributed by atoms with Crippen LogP contribution < -0.4 is 15.4 Å². The van der Waals surface area contributed by atoms with Crippen LogP contribution in [0.5, 0.6) is 5.88 Å². The van der Waals surface area contributed by atoms with Crippen molar-refractivity contribution in [2.45, 2.75) is 32.7 Å². The SMILES string of the molecule is CCCOc1ccc(CNC(=NC)NCC2CC2)cn1.I. The lowest BCUT2D eigenvalue weighted by Gasteiger charge is -2.11. The van der Waals surface area contributed by atoms with E-state index in [9.17, 15) is 0 Å². The molecule has 2 rings (SSSR count). The normalized spacial score (nSPS) is 14.3. The molecule has 1 aliphatic carbocycles. The molecule has 1 aromatic heterocycles. The van der Waals surface area contributed by atoms with E-state index < -0.39 is 0 Å². The van der Waals surface area contributed by atoms with Crippen LogP contribution in [-0.4, -0.2) is 31.1 Å². The summed E-state index contributed by atoms with van der Waals surface area (Å²) in [6.45, 7) is 4.52. The van der Waals surface area contributed by atoms with Crippen molar-refractivity contribution in [1.82, 2.24) is 15.6 Å². The van der Waals surface area contributed by atoms with Gasteiger partial charge in [-0.3, -0.25) is 4.99 Å². The van der Waals surface area contributed by atoms with Crippen LogP contribution >= 0.6 is 24.0 Å². The summed E-state index contributed by atoms with van der Waals surface area (Å²) in [5, 5.41) is 6.62. The van der Waals surface area contributed by atoms with Gasteiger partial charge in [0, 0.05) is 32.4 Å². The molecule has 21 heavy (non-hydrogen) atoms. The van der Waals surface area contributed by atoms with E-state index in [4.69, 9.17) is 4.74 Å². The fraction of sp³-hybridized carbons (Fsp3) is 0.600. The maximum absolute atomic E-state index is 5.46. The molecule has 1 heterocycles. The smallest absolute Gasteiger partial charge is 0.213 e. The van der Waals surface area contributed by atoms with Gasteiger partial charge in [-0.05, 0) is 30.7 Å². The van der Waals surface area contributed by atoms with Gasteiger partial charge in [-0.15, -0.1) is 24.0 Å². The fourth-order valence-corrected chi connectivity index (χ4v) is 1.78. The molecular formula is C15H25IN4O. The van der Waals surface area contributed by atoms with Gasteiger partial charge in [0.15, 0.2) is 5.96 Å². The van der Waals surface area contributed by atoms with Crippen molar-refractivity contribution in [1.29, 1.82) is 0 Å². The van der Waals surface area contributed by atoms with E-state index in [1.807, 2.05) is 18.3 Å². The van der Waals surface area contributed by atoms with Crippen molar-refractivity contribution in [3.05, 3.63) is 23.9 Å². The molecular weight excluding hydrogens is 379 g/mol. The highest BCUT2D eigenvalue weighted by Crippen LogP contribution is 2.27. The summed E-state index contributed by atoms with van der Waals surface area (Å²) in [6, 6.07) is 3.94. The zero-order valence-electron chi connectivity index (χ0n) is 12.8. The van der Waals surface area contributed by atoms with Gasteiger partial charge >= 0.3 is 0 Å². The third kappa shape index (κ3) is 6.97. The van der Waals surface area contributed by atoms with Crippen LogP contribution in [0.2, 0.25) is 0 Å². The zero-order valence-corrected chi connectivity index (χ0v) is 15.1. The van der Waals surface area contributed by atoms with Gasteiger partial charge in [0.25, 0.3) is 0 Å². The Morgan fingerprint density at radius 1 is 1.38 bits per heavy atom. The van der Waals surface area contributed by atoms with Gasteiger partial charge < -0.3 is 15.4 Å². The lowest BCUT2D eigenvalue weighted by atomic mass is 10.3. The van der Waals surface area contributed by atoms with Gasteiger partial charge in [-0.1, -0.05) is 13.0 Å². The summed E-state index contributed by atoms with van der Waals surface area (Å²) in [4.78, 5) is 8.49. The van der Waals surface area contributed by atoms with Gasteiger partial charge in [0.2, 0.25) is 5.88 Å². The summed E-state index contributed by atoms with van der Waals surface area (Å²) in [5.41, 5.74) is 1.11. The molecule has 118 valence electrons. The van der Waals surface area contributed by atoms with E-state index in [1.54, 1.807) is 7.05 Å². The summed E-state index contributed by atoms with van der Waals surface area (Å²) in [5.74, 6) is 2.38. The molecule has 1 saturated carbocycles. The molecule has 0 radical (unpaired) electrons. The summed E-state index contributed by atoms with van der Waals surface area (Å²) < 4.78 is 5.46. The molecule has 6 heteroatoms. The first kappa shape index (κ1) is 18.0. The predicted molar refractivity (Wildman–Crippen MR) is 96.4 cm³/mol. The van der Waals surface area contributed by atoms with E-state index in [0.717, 1.165) is 30.4 Å². The van der Waals surface area contributed by atoms with Gasteiger partial charge in [-0.2, -0.15) is 0 Å². The number of aromatic nitrogens is 1. The van der Waals surface area contributed by atoms with Crippen LogP contribution in [0.1, 0.15) is 31.7 Å². The Kier molecular flexibility index (Phi) is 8.41. The molecule has 0 atom stereocenters. The average Bonchev–Trinajstić information content (AvgIpc) is 3.30. The number of rotatable bonds is 7. The van der Waals surface area contributed by atoms with E-state index in [-0.39, 0.29) is 24.0 Å². The Balaban J connectivity index is 0.00000220. The molecule has 2 N–H and O–H groups in total. The molecule has 5 nitrogen and oxygen atoms in total. The van der Waals surface area contributed by atoms with Crippen molar-refractivity contribution in [3.63, 3.8) is 0 Å². The molecule has 0 spiro atoms. The van der Waals surface area contributed by atoms with E-state index >= 15 is 0 Å². The first-order valence-corrected chi connectivity index (χ1v) is 7.34. The Bertz CT molecular complexity index is 432. The van der Waals surface area contributed by atoms with Crippen molar-refractivity contribution >= 4 is 29.9 Å². The molecule has 0 amide bonds. The van der Waals surface area contributed by atoms with Crippen molar-refractivity contribution in [2.24, 2.45) is 10.9 Å². The number of hydrogen-bond donors (Lipinski definition) is 2. The molecule has 0 aliphatic heterocycles. The number of nitrogens with one attached hydrogen (secondary N) is 2. The average molecular weight is 404 g/mol. The maximum atomic E-state index is 5.46. The number of guanidine groups is 1. The van der Waals surface area contributed by atoms with E-state index in [2.05, 4.69) is 27.5 Å². The molecule has 0 saturated heterocycles. The third-order valence-electron chi connectivity index (χ3n) is 3.19. The fourth-order valence-electron chi connectivity index (χ4n) is 1.78.